The number of hydrogen-bond acceptors (Lipinski definition) is 4. The van der Waals surface area contributed by atoms with Crippen molar-refractivity contribution in [2.24, 2.45) is 0 Å². The molecule has 2 N–H and O–H groups in total. The number of likely N-dealkylation sites (N-methyl/N-ethyl adjacent to an activating group) is 1. The Hall–Kier alpha value is -2.77. The van der Waals surface area contributed by atoms with E-state index in [-0.39, 0.29) is 29.4 Å². The van der Waals surface area contributed by atoms with Crippen LogP contribution in [0.1, 0.15) is 10.5 Å². The highest BCUT2D eigenvalue weighted by atomic mass is 19.1. The molecule has 0 spiro atoms. The van der Waals surface area contributed by atoms with Crippen molar-refractivity contribution < 1.29 is 19.1 Å². The van der Waals surface area contributed by atoms with Crippen LogP contribution in [0.4, 0.5) is 4.39 Å². The van der Waals surface area contributed by atoms with Crippen molar-refractivity contribution >= 4 is 11.9 Å². The Morgan fingerprint density at radius 3 is 2.80 bits per heavy atom. The lowest BCUT2D eigenvalue weighted by atomic mass is 10.1. The third-order valence-corrected chi connectivity index (χ3v) is 2.61. The fourth-order valence-corrected chi connectivity index (χ4v) is 1.70. The predicted molar refractivity (Wildman–Crippen MR) is 66.4 cm³/mol. The summed E-state index contributed by atoms with van der Waals surface area (Å²) in [5.41, 5.74) is 0.0383. The maximum absolute atomic E-state index is 13.3. The highest BCUT2D eigenvalue weighted by molar-refractivity contribution is 5.93. The molecule has 0 saturated carbocycles. The first-order valence-corrected chi connectivity index (χ1v) is 5.66. The summed E-state index contributed by atoms with van der Waals surface area (Å²) in [6.07, 6.45) is 0. The van der Waals surface area contributed by atoms with Gasteiger partial charge >= 0.3 is 5.97 Å². The van der Waals surface area contributed by atoms with Crippen LogP contribution in [0.25, 0.3) is 11.3 Å². The van der Waals surface area contributed by atoms with Crippen LogP contribution in [0.5, 0.6) is 0 Å². The topological polar surface area (TPSA) is 97.1 Å². The molecule has 7 nitrogen and oxygen atoms in total. The Bertz CT molecular complexity index is 668. The summed E-state index contributed by atoms with van der Waals surface area (Å²) in [5.74, 6) is -2.19. The molecule has 2 aromatic rings. The molecule has 0 aliphatic rings. The Balaban J connectivity index is 2.55. The molecule has 2 rings (SSSR count). The molecular formula is C12H11FN4O3. The molecule has 0 aliphatic carbocycles. The number of halogens is 1. The summed E-state index contributed by atoms with van der Waals surface area (Å²) in [5, 5.41) is 18.6. The zero-order valence-corrected chi connectivity index (χ0v) is 10.5. The van der Waals surface area contributed by atoms with E-state index >= 15 is 0 Å². The standard InChI is InChI=1S/C12H11FN4O3/c1-14-9(18)6-17-11(10(12(19)20)15-16-17)7-3-2-4-8(13)5-7/h2-5H,6H2,1H3,(H,14,18)(H,19,20). The first-order valence-electron chi connectivity index (χ1n) is 5.66. The summed E-state index contributed by atoms with van der Waals surface area (Å²) in [4.78, 5) is 22.5. The van der Waals surface area contributed by atoms with Crippen molar-refractivity contribution in [3.8, 4) is 11.3 Å². The van der Waals surface area contributed by atoms with Gasteiger partial charge in [-0.3, -0.25) is 4.79 Å². The molecule has 0 aliphatic heterocycles. The van der Waals surface area contributed by atoms with E-state index in [9.17, 15) is 14.0 Å². The van der Waals surface area contributed by atoms with Crippen LogP contribution < -0.4 is 5.32 Å². The minimum absolute atomic E-state index is 0.0839. The van der Waals surface area contributed by atoms with Crippen LogP contribution in [0, 0.1) is 5.82 Å². The molecule has 104 valence electrons. The maximum Gasteiger partial charge on any atom is 0.358 e. The van der Waals surface area contributed by atoms with Crippen molar-refractivity contribution in [2.45, 2.75) is 6.54 Å². The van der Waals surface area contributed by atoms with Crippen molar-refractivity contribution in [1.82, 2.24) is 20.3 Å². The number of nitrogens with zero attached hydrogens (tertiary/aromatic N) is 3. The molecule has 1 heterocycles. The fourth-order valence-electron chi connectivity index (χ4n) is 1.70. The van der Waals surface area contributed by atoms with E-state index in [1.807, 2.05) is 0 Å². The quantitative estimate of drug-likeness (QED) is 0.850. The number of benzene rings is 1. The van der Waals surface area contributed by atoms with Crippen LogP contribution in [0.2, 0.25) is 0 Å². The summed E-state index contributed by atoms with van der Waals surface area (Å²) in [6.45, 7) is -0.206. The summed E-state index contributed by atoms with van der Waals surface area (Å²) < 4.78 is 14.4. The van der Waals surface area contributed by atoms with E-state index < -0.39 is 11.8 Å². The molecule has 8 heteroatoms. The monoisotopic (exact) mass is 278 g/mol. The lowest BCUT2D eigenvalue weighted by Crippen LogP contribution is -2.24. The van der Waals surface area contributed by atoms with Gasteiger partial charge in [0.15, 0.2) is 5.69 Å². The van der Waals surface area contributed by atoms with E-state index in [1.54, 1.807) is 0 Å². The van der Waals surface area contributed by atoms with Crippen molar-refractivity contribution in [2.75, 3.05) is 7.05 Å². The maximum atomic E-state index is 13.3. The van der Waals surface area contributed by atoms with Gasteiger partial charge in [-0.15, -0.1) is 5.10 Å². The summed E-state index contributed by atoms with van der Waals surface area (Å²) in [6, 6.07) is 5.35. The number of carbonyl (C=O) groups excluding carboxylic acids is 1. The molecule has 1 amide bonds. The van der Waals surface area contributed by atoms with Crippen molar-refractivity contribution in [3.05, 3.63) is 35.8 Å². The fraction of sp³-hybridized carbons (Fsp3) is 0.167. The van der Waals surface area contributed by atoms with Gasteiger partial charge < -0.3 is 10.4 Å². The molecule has 1 aromatic carbocycles. The van der Waals surface area contributed by atoms with Gasteiger partial charge in [-0.1, -0.05) is 17.3 Å². The average molecular weight is 278 g/mol. The number of amides is 1. The lowest BCUT2D eigenvalue weighted by molar-refractivity contribution is -0.121. The zero-order valence-electron chi connectivity index (χ0n) is 10.5. The molecule has 1 aromatic heterocycles. The molecule has 0 fully saturated rings. The van der Waals surface area contributed by atoms with Gasteiger partial charge in [0.2, 0.25) is 5.91 Å². The van der Waals surface area contributed by atoms with Crippen molar-refractivity contribution in [3.63, 3.8) is 0 Å². The van der Waals surface area contributed by atoms with Crippen LogP contribution in [0.3, 0.4) is 0 Å². The zero-order chi connectivity index (χ0) is 14.7. The van der Waals surface area contributed by atoms with Gasteiger partial charge in [-0.2, -0.15) is 0 Å². The molecule has 0 unspecified atom stereocenters. The number of aromatic nitrogens is 3. The van der Waals surface area contributed by atoms with Gasteiger partial charge in [0.1, 0.15) is 18.1 Å². The number of rotatable bonds is 4. The number of carboxylic acid groups (broad SMARTS) is 1. The number of nitrogens with one attached hydrogen (secondary N) is 1. The highest BCUT2D eigenvalue weighted by Gasteiger charge is 2.21. The first-order chi connectivity index (χ1) is 9.52. The third kappa shape index (κ3) is 2.63. The van der Waals surface area contributed by atoms with Gasteiger partial charge in [0.05, 0.1) is 0 Å². The van der Waals surface area contributed by atoms with Crippen LogP contribution in [-0.2, 0) is 11.3 Å². The third-order valence-electron chi connectivity index (χ3n) is 2.61. The Morgan fingerprint density at radius 2 is 2.20 bits per heavy atom. The van der Waals surface area contributed by atoms with Crippen LogP contribution in [0.15, 0.2) is 24.3 Å². The molecule has 0 bridgehead atoms. The summed E-state index contributed by atoms with van der Waals surface area (Å²) in [7, 11) is 1.44. The SMILES string of the molecule is CNC(=O)Cn1nnc(C(=O)O)c1-c1cccc(F)c1. The molecular weight excluding hydrogens is 267 g/mol. The highest BCUT2D eigenvalue weighted by Crippen LogP contribution is 2.23. The minimum atomic E-state index is -1.30. The van der Waals surface area contributed by atoms with Crippen LogP contribution >= 0.6 is 0 Å². The number of hydrogen-bond donors (Lipinski definition) is 2. The van der Waals surface area contributed by atoms with E-state index in [1.165, 1.54) is 25.2 Å². The Labute approximate surface area is 113 Å². The Morgan fingerprint density at radius 1 is 1.45 bits per heavy atom. The normalized spacial score (nSPS) is 10.3. The molecule has 0 radical (unpaired) electrons. The smallest absolute Gasteiger partial charge is 0.358 e. The number of carboxylic acids is 1. The Kier molecular flexibility index (Phi) is 3.74. The van der Waals surface area contributed by atoms with Gasteiger partial charge in [-0.05, 0) is 12.1 Å². The molecule has 0 saturated heterocycles. The van der Waals surface area contributed by atoms with Crippen molar-refractivity contribution in [1.29, 1.82) is 0 Å². The number of carbonyl (C=O) groups is 2. The molecule has 0 atom stereocenters. The average Bonchev–Trinajstić information content (AvgIpc) is 2.82. The van der Waals surface area contributed by atoms with Gasteiger partial charge in [0.25, 0.3) is 0 Å². The summed E-state index contributed by atoms with van der Waals surface area (Å²) >= 11 is 0. The molecule has 20 heavy (non-hydrogen) atoms. The first kappa shape index (κ1) is 13.7. The second-order valence-electron chi connectivity index (χ2n) is 3.93. The van der Waals surface area contributed by atoms with E-state index in [2.05, 4.69) is 15.6 Å². The predicted octanol–water partition coefficient (Wildman–Crippen LogP) is 0.528. The van der Waals surface area contributed by atoms with E-state index in [4.69, 9.17) is 5.11 Å². The minimum Gasteiger partial charge on any atom is -0.476 e. The largest absolute Gasteiger partial charge is 0.476 e. The lowest BCUT2D eigenvalue weighted by Gasteiger charge is -2.06. The van der Waals surface area contributed by atoms with Crippen LogP contribution in [-0.4, -0.2) is 39.0 Å². The van der Waals surface area contributed by atoms with E-state index in [0.717, 1.165) is 10.7 Å². The number of aromatic carboxylic acids is 1. The van der Waals surface area contributed by atoms with E-state index in [0.29, 0.717) is 0 Å². The second-order valence-corrected chi connectivity index (χ2v) is 3.93. The van der Waals surface area contributed by atoms with Gasteiger partial charge in [-0.25, -0.2) is 13.9 Å². The second kappa shape index (κ2) is 5.47. The van der Waals surface area contributed by atoms with Gasteiger partial charge in [0, 0.05) is 12.6 Å².